The van der Waals surface area contributed by atoms with Gasteiger partial charge in [-0.3, -0.25) is 9.59 Å². The first-order valence-corrected chi connectivity index (χ1v) is 9.70. The molecule has 4 rings (SSSR count). The highest BCUT2D eigenvalue weighted by Gasteiger charge is 2.62. The Morgan fingerprint density at radius 2 is 1.96 bits per heavy atom. The number of aliphatic hydroxyl groups is 1. The molecule has 0 spiro atoms. The number of Topliss-reactive ketones (excluding diaryl/α,β-unsaturated/α-hetero) is 1. The Balaban J connectivity index is 1.72. The van der Waals surface area contributed by atoms with Gasteiger partial charge in [-0.15, -0.1) is 0 Å². The molecule has 0 bridgehead atoms. The van der Waals surface area contributed by atoms with Gasteiger partial charge in [0.1, 0.15) is 5.78 Å². The molecule has 0 aromatic rings. The smallest absolute Gasteiger partial charge is 0.155 e. The molecule has 3 nitrogen and oxygen atoms in total. The molecule has 1 N–H and O–H groups in total. The van der Waals surface area contributed by atoms with Gasteiger partial charge in [0.25, 0.3) is 0 Å². The average molecular weight is 330 g/mol. The van der Waals surface area contributed by atoms with Crippen molar-refractivity contribution in [2.45, 2.75) is 71.8 Å². The standard InChI is InChI=1S/C21H30O3/c1-12(22)16-6-7-17-15-5-4-13-10-14(23)8-9-20(13,2)19(15)18(24)11-21(16,17)3/h10,15-19,24H,4-9,11H2,1-3H3/t15-,16+,17+,18-,19+,20-,21-/m1/s1. The molecule has 0 aromatic heterocycles. The van der Waals surface area contributed by atoms with E-state index >= 15 is 0 Å². The summed E-state index contributed by atoms with van der Waals surface area (Å²) in [5, 5.41) is 11.2. The molecule has 3 fully saturated rings. The third-order valence-corrected chi connectivity index (χ3v) is 8.38. The monoisotopic (exact) mass is 330 g/mol. The summed E-state index contributed by atoms with van der Waals surface area (Å²) in [4.78, 5) is 24.0. The lowest BCUT2D eigenvalue weighted by atomic mass is 9.46. The summed E-state index contributed by atoms with van der Waals surface area (Å²) >= 11 is 0. The Hall–Kier alpha value is -0.960. The van der Waals surface area contributed by atoms with Crippen LogP contribution in [0, 0.1) is 34.5 Å². The number of hydrogen-bond donors (Lipinski definition) is 1. The number of ketones is 2. The van der Waals surface area contributed by atoms with Crippen molar-refractivity contribution in [3.05, 3.63) is 11.6 Å². The number of aliphatic hydroxyl groups excluding tert-OH is 1. The number of fused-ring (bicyclic) bond motifs is 5. The first-order valence-electron chi connectivity index (χ1n) is 9.70. The highest BCUT2D eigenvalue weighted by Crippen LogP contribution is 2.66. The molecule has 0 aliphatic heterocycles. The van der Waals surface area contributed by atoms with E-state index < -0.39 is 0 Å². The molecule has 0 radical (unpaired) electrons. The molecule has 0 unspecified atom stereocenters. The van der Waals surface area contributed by atoms with Crippen LogP contribution >= 0.6 is 0 Å². The van der Waals surface area contributed by atoms with Crippen LogP contribution in [0.5, 0.6) is 0 Å². The zero-order chi connectivity index (χ0) is 17.3. The van der Waals surface area contributed by atoms with Crippen molar-refractivity contribution in [3.63, 3.8) is 0 Å². The quantitative estimate of drug-likeness (QED) is 0.797. The van der Waals surface area contributed by atoms with Crippen LogP contribution in [0.1, 0.15) is 65.7 Å². The van der Waals surface area contributed by atoms with Crippen LogP contribution < -0.4 is 0 Å². The Morgan fingerprint density at radius 3 is 2.67 bits per heavy atom. The normalized spacial score (nSPS) is 50.6. The predicted octanol–water partition coefficient (Wildman–Crippen LogP) is 3.69. The van der Waals surface area contributed by atoms with E-state index in [1.54, 1.807) is 6.92 Å². The molecule has 0 amide bonds. The molecule has 0 aromatic carbocycles. The van der Waals surface area contributed by atoms with E-state index in [4.69, 9.17) is 0 Å². The highest BCUT2D eigenvalue weighted by molar-refractivity contribution is 5.91. The van der Waals surface area contributed by atoms with Crippen molar-refractivity contribution >= 4 is 11.6 Å². The SMILES string of the molecule is CC(=O)[C@@H]1CC[C@H]2[C@H]3CCC4=CC(=O)CC[C@@]4(C)[C@@H]3[C@H](O)C[C@]12C. The van der Waals surface area contributed by atoms with Crippen LogP contribution in [0.25, 0.3) is 0 Å². The fourth-order valence-electron chi connectivity index (χ4n) is 7.35. The van der Waals surface area contributed by atoms with Crippen LogP contribution in [0.2, 0.25) is 0 Å². The van der Waals surface area contributed by atoms with Crippen molar-refractivity contribution in [1.29, 1.82) is 0 Å². The maximum absolute atomic E-state index is 12.2. The van der Waals surface area contributed by atoms with Crippen molar-refractivity contribution in [1.82, 2.24) is 0 Å². The van der Waals surface area contributed by atoms with E-state index in [2.05, 4.69) is 13.8 Å². The van der Waals surface area contributed by atoms with Gasteiger partial charge in [0, 0.05) is 12.3 Å². The highest BCUT2D eigenvalue weighted by atomic mass is 16.3. The molecule has 0 heterocycles. The second-order valence-electron chi connectivity index (χ2n) is 9.41. The van der Waals surface area contributed by atoms with Crippen LogP contribution in [0.4, 0.5) is 0 Å². The number of rotatable bonds is 1. The number of allylic oxidation sites excluding steroid dienone is 1. The molecule has 0 saturated heterocycles. The Kier molecular flexibility index (Phi) is 3.62. The van der Waals surface area contributed by atoms with E-state index in [9.17, 15) is 14.7 Å². The summed E-state index contributed by atoms with van der Waals surface area (Å²) in [6.45, 7) is 6.27. The van der Waals surface area contributed by atoms with E-state index in [0.29, 0.717) is 24.0 Å². The van der Waals surface area contributed by atoms with Crippen molar-refractivity contribution in [2.75, 3.05) is 0 Å². The van der Waals surface area contributed by atoms with Gasteiger partial charge in [-0.1, -0.05) is 19.4 Å². The number of carbonyl (C=O) groups is 2. The molecular weight excluding hydrogens is 300 g/mol. The van der Waals surface area contributed by atoms with Crippen molar-refractivity contribution in [2.24, 2.45) is 34.5 Å². The number of hydrogen-bond acceptors (Lipinski definition) is 3. The lowest BCUT2D eigenvalue weighted by molar-refractivity contribution is -0.143. The average Bonchev–Trinajstić information content (AvgIpc) is 2.84. The van der Waals surface area contributed by atoms with Crippen molar-refractivity contribution < 1.29 is 14.7 Å². The third kappa shape index (κ3) is 2.06. The van der Waals surface area contributed by atoms with Gasteiger partial charge in [-0.25, -0.2) is 0 Å². The van der Waals surface area contributed by atoms with Crippen LogP contribution in [0.3, 0.4) is 0 Å². The van der Waals surface area contributed by atoms with Gasteiger partial charge in [-0.2, -0.15) is 0 Å². The summed E-state index contributed by atoms with van der Waals surface area (Å²) in [5.74, 6) is 1.99. The Bertz CT molecular complexity index is 621. The van der Waals surface area contributed by atoms with E-state index in [0.717, 1.165) is 38.5 Å². The van der Waals surface area contributed by atoms with E-state index in [1.165, 1.54) is 5.57 Å². The summed E-state index contributed by atoms with van der Waals surface area (Å²) in [7, 11) is 0. The minimum atomic E-state index is -0.349. The van der Waals surface area contributed by atoms with E-state index in [-0.39, 0.29) is 34.6 Å². The zero-order valence-electron chi connectivity index (χ0n) is 15.2. The molecule has 4 aliphatic carbocycles. The second-order valence-corrected chi connectivity index (χ2v) is 9.41. The maximum atomic E-state index is 12.2. The minimum absolute atomic E-state index is 0.0219. The van der Waals surface area contributed by atoms with Gasteiger partial charge in [0.15, 0.2) is 5.78 Å². The minimum Gasteiger partial charge on any atom is -0.393 e. The summed E-state index contributed by atoms with van der Waals surface area (Å²) in [6, 6.07) is 0. The van der Waals surface area contributed by atoms with Crippen LogP contribution in [-0.2, 0) is 9.59 Å². The predicted molar refractivity (Wildman–Crippen MR) is 92.3 cm³/mol. The number of carbonyl (C=O) groups excluding carboxylic acids is 2. The molecule has 3 saturated carbocycles. The molecule has 3 heteroatoms. The lowest BCUT2D eigenvalue weighted by Gasteiger charge is -2.59. The summed E-state index contributed by atoms with van der Waals surface area (Å²) < 4.78 is 0. The van der Waals surface area contributed by atoms with Crippen LogP contribution in [-0.4, -0.2) is 22.8 Å². The van der Waals surface area contributed by atoms with Gasteiger partial charge in [-0.05, 0) is 80.1 Å². The first-order chi connectivity index (χ1) is 11.3. The van der Waals surface area contributed by atoms with Gasteiger partial charge < -0.3 is 5.11 Å². The third-order valence-electron chi connectivity index (χ3n) is 8.38. The molecule has 132 valence electrons. The fourth-order valence-corrected chi connectivity index (χ4v) is 7.35. The Morgan fingerprint density at radius 1 is 1.21 bits per heavy atom. The molecule has 7 atom stereocenters. The summed E-state index contributed by atoms with van der Waals surface area (Å²) in [5.41, 5.74) is 1.23. The lowest BCUT2D eigenvalue weighted by Crippen LogP contribution is -2.56. The van der Waals surface area contributed by atoms with Crippen LogP contribution in [0.15, 0.2) is 11.6 Å². The van der Waals surface area contributed by atoms with Gasteiger partial charge in [0.05, 0.1) is 6.10 Å². The molecular formula is C21H30O3. The fraction of sp³-hybridized carbons (Fsp3) is 0.810. The largest absolute Gasteiger partial charge is 0.393 e. The van der Waals surface area contributed by atoms with Crippen molar-refractivity contribution in [3.8, 4) is 0 Å². The molecule has 4 aliphatic rings. The second kappa shape index (κ2) is 5.27. The van der Waals surface area contributed by atoms with Gasteiger partial charge >= 0.3 is 0 Å². The first kappa shape index (κ1) is 16.5. The Labute approximate surface area is 144 Å². The van der Waals surface area contributed by atoms with Gasteiger partial charge in [0.2, 0.25) is 0 Å². The van der Waals surface area contributed by atoms with E-state index in [1.807, 2.05) is 6.08 Å². The maximum Gasteiger partial charge on any atom is 0.155 e. The zero-order valence-corrected chi connectivity index (χ0v) is 15.2. The topological polar surface area (TPSA) is 54.4 Å². The summed E-state index contributed by atoms with van der Waals surface area (Å²) in [6.07, 6.45) is 7.97. The molecule has 24 heavy (non-hydrogen) atoms.